The third kappa shape index (κ3) is 3.51. The molecule has 1 fully saturated rings. The Morgan fingerprint density at radius 1 is 1.50 bits per heavy atom. The second-order valence-electron chi connectivity index (χ2n) is 5.25. The van der Waals surface area contributed by atoms with E-state index in [4.69, 9.17) is 5.11 Å². The van der Waals surface area contributed by atoms with Crippen molar-refractivity contribution in [2.24, 2.45) is 0 Å². The van der Waals surface area contributed by atoms with Crippen molar-refractivity contribution in [3.63, 3.8) is 0 Å². The summed E-state index contributed by atoms with van der Waals surface area (Å²) in [4.78, 5) is 27.8. The zero-order valence-corrected chi connectivity index (χ0v) is 11.7. The van der Waals surface area contributed by atoms with Crippen LogP contribution in [0.2, 0.25) is 0 Å². The molecule has 1 aromatic heterocycles. The molecule has 4 N–H and O–H groups in total. The van der Waals surface area contributed by atoms with Crippen LogP contribution in [0, 0.1) is 6.92 Å². The number of carboxylic acid groups (broad SMARTS) is 1. The van der Waals surface area contributed by atoms with Gasteiger partial charge in [0.15, 0.2) is 0 Å². The van der Waals surface area contributed by atoms with Crippen LogP contribution in [0.1, 0.15) is 29.0 Å². The molecule has 1 aliphatic rings. The number of likely N-dealkylation sites (N-methyl/N-ethyl adjacent to an activating group) is 1. The number of carbonyl (C=O) groups excluding carboxylic acids is 1. The van der Waals surface area contributed by atoms with Crippen molar-refractivity contribution in [1.82, 2.24) is 15.2 Å². The van der Waals surface area contributed by atoms with E-state index in [0.29, 0.717) is 5.69 Å². The number of aryl methyl sites for hydroxylation is 1. The number of nitrogens with zero attached hydrogens (tertiary/aromatic N) is 1. The van der Waals surface area contributed by atoms with Gasteiger partial charge in [0.25, 0.3) is 0 Å². The number of hydrogen-bond donors (Lipinski definition) is 4. The Morgan fingerprint density at radius 2 is 2.25 bits per heavy atom. The molecule has 110 valence electrons. The predicted octanol–water partition coefficient (Wildman–Crippen LogP) is 1.24. The summed E-state index contributed by atoms with van der Waals surface area (Å²) in [5.74, 6) is -1.09. The molecule has 0 radical (unpaired) electrons. The first kappa shape index (κ1) is 14.4. The van der Waals surface area contributed by atoms with E-state index in [-0.39, 0.29) is 23.5 Å². The Labute approximate surface area is 117 Å². The van der Waals surface area contributed by atoms with E-state index in [1.54, 1.807) is 13.0 Å². The van der Waals surface area contributed by atoms with Gasteiger partial charge in [0.1, 0.15) is 5.69 Å². The van der Waals surface area contributed by atoms with Crippen LogP contribution in [-0.2, 0) is 0 Å². The molecule has 1 aliphatic heterocycles. The fourth-order valence-electron chi connectivity index (χ4n) is 2.48. The molecule has 1 saturated heterocycles. The molecule has 0 spiro atoms. The summed E-state index contributed by atoms with van der Waals surface area (Å²) < 4.78 is 0. The normalized spacial score (nSPS) is 19.6. The predicted molar refractivity (Wildman–Crippen MR) is 75.2 cm³/mol. The second kappa shape index (κ2) is 5.96. The minimum atomic E-state index is -1.09. The summed E-state index contributed by atoms with van der Waals surface area (Å²) in [7, 11) is 2.02. The number of H-pyrrole nitrogens is 1. The van der Waals surface area contributed by atoms with Crippen LogP contribution in [0.3, 0.4) is 0 Å². The molecule has 2 amide bonds. The van der Waals surface area contributed by atoms with Crippen molar-refractivity contribution in [1.29, 1.82) is 0 Å². The number of amides is 2. The lowest BCUT2D eigenvalue weighted by Crippen LogP contribution is -2.47. The van der Waals surface area contributed by atoms with Crippen molar-refractivity contribution in [3.8, 4) is 0 Å². The lowest BCUT2D eigenvalue weighted by Gasteiger charge is -2.30. The molecule has 2 heterocycles. The number of urea groups is 1. The number of anilines is 1. The van der Waals surface area contributed by atoms with Gasteiger partial charge in [-0.05, 0) is 39.4 Å². The van der Waals surface area contributed by atoms with Crippen LogP contribution in [0.5, 0.6) is 0 Å². The maximum Gasteiger partial charge on any atom is 0.354 e. The monoisotopic (exact) mass is 280 g/mol. The molecule has 0 bridgehead atoms. The van der Waals surface area contributed by atoms with Gasteiger partial charge in [0.2, 0.25) is 0 Å². The summed E-state index contributed by atoms with van der Waals surface area (Å²) in [5, 5.41) is 14.5. The van der Waals surface area contributed by atoms with Gasteiger partial charge in [0, 0.05) is 18.3 Å². The number of carboxylic acids is 1. The summed E-state index contributed by atoms with van der Waals surface area (Å²) in [6.45, 7) is 3.59. The van der Waals surface area contributed by atoms with Crippen molar-refractivity contribution >= 4 is 17.7 Å². The molecule has 1 atom stereocenters. The number of rotatable bonds is 3. The Balaban J connectivity index is 1.96. The number of carbonyl (C=O) groups is 2. The van der Waals surface area contributed by atoms with E-state index < -0.39 is 5.97 Å². The third-order valence-electron chi connectivity index (χ3n) is 3.37. The van der Waals surface area contributed by atoms with Gasteiger partial charge in [-0.25, -0.2) is 9.59 Å². The minimum absolute atomic E-state index is 0.00147. The molecular formula is C13H20N4O3. The Bertz CT molecular complexity index is 512. The van der Waals surface area contributed by atoms with Crippen LogP contribution in [-0.4, -0.2) is 53.2 Å². The minimum Gasteiger partial charge on any atom is -0.477 e. The van der Waals surface area contributed by atoms with Crippen LogP contribution in [0.4, 0.5) is 10.5 Å². The molecule has 1 aromatic rings. The lowest BCUT2D eigenvalue weighted by atomic mass is 10.1. The van der Waals surface area contributed by atoms with Gasteiger partial charge in [-0.15, -0.1) is 0 Å². The largest absolute Gasteiger partial charge is 0.477 e. The summed E-state index contributed by atoms with van der Waals surface area (Å²) in [5.41, 5.74) is 0.977. The number of nitrogens with one attached hydrogen (secondary N) is 3. The first-order valence-electron chi connectivity index (χ1n) is 6.64. The van der Waals surface area contributed by atoms with E-state index in [1.807, 2.05) is 7.05 Å². The zero-order valence-electron chi connectivity index (χ0n) is 11.7. The molecule has 0 aliphatic carbocycles. The molecule has 0 saturated carbocycles. The van der Waals surface area contributed by atoms with Gasteiger partial charge in [-0.2, -0.15) is 0 Å². The van der Waals surface area contributed by atoms with Crippen molar-refractivity contribution in [3.05, 3.63) is 17.5 Å². The number of piperidine rings is 1. The SMILES string of the molecule is Cc1cc(NC(=O)NC2CCCN(C)C2)c(C(=O)O)[nH]1. The number of aromatic carboxylic acids is 1. The highest BCUT2D eigenvalue weighted by atomic mass is 16.4. The highest BCUT2D eigenvalue weighted by molar-refractivity contribution is 5.99. The molecule has 7 heteroatoms. The van der Waals surface area contributed by atoms with E-state index in [9.17, 15) is 9.59 Å². The van der Waals surface area contributed by atoms with Crippen LogP contribution < -0.4 is 10.6 Å². The highest BCUT2D eigenvalue weighted by Gasteiger charge is 2.20. The Morgan fingerprint density at radius 3 is 2.90 bits per heavy atom. The third-order valence-corrected chi connectivity index (χ3v) is 3.37. The Hall–Kier alpha value is -2.02. The quantitative estimate of drug-likeness (QED) is 0.669. The van der Waals surface area contributed by atoms with Crippen LogP contribution in [0.25, 0.3) is 0 Å². The van der Waals surface area contributed by atoms with Crippen molar-refractivity contribution in [2.75, 3.05) is 25.5 Å². The summed E-state index contributed by atoms with van der Waals surface area (Å²) >= 11 is 0. The molecule has 0 aromatic carbocycles. The van der Waals surface area contributed by atoms with E-state index in [1.165, 1.54) is 0 Å². The lowest BCUT2D eigenvalue weighted by molar-refractivity contribution is 0.0692. The number of aromatic nitrogens is 1. The fraction of sp³-hybridized carbons (Fsp3) is 0.538. The molecule has 2 rings (SSSR count). The average molecular weight is 280 g/mol. The van der Waals surface area contributed by atoms with Crippen LogP contribution in [0.15, 0.2) is 6.07 Å². The number of likely N-dealkylation sites (tertiary alicyclic amines) is 1. The highest BCUT2D eigenvalue weighted by Crippen LogP contribution is 2.17. The standard InChI is InChI=1S/C13H20N4O3/c1-8-6-10(11(14-8)12(18)19)16-13(20)15-9-4-3-5-17(2)7-9/h6,9,14H,3-5,7H2,1-2H3,(H,18,19)(H2,15,16,20). The van der Waals surface area contributed by atoms with Crippen molar-refractivity contribution in [2.45, 2.75) is 25.8 Å². The van der Waals surface area contributed by atoms with Crippen molar-refractivity contribution < 1.29 is 14.7 Å². The number of hydrogen-bond acceptors (Lipinski definition) is 3. The van der Waals surface area contributed by atoms with Gasteiger partial charge in [0.05, 0.1) is 5.69 Å². The molecule has 20 heavy (non-hydrogen) atoms. The van der Waals surface area contributed by atoms with Gasteiger partial charge in [-0.3, -0.25) is 0 Å². The van der Waals surface area contributed by atoms with Gasteiger partial charge in [-0.1, -0.05) is 0 Å². The van der Waals surface area contributed by atoms with Gasteiger partial charge < -0.3 is 25.6 Å². The molecule has 1 unspecified atom stereocenters. The summed E-state index contributed by atoms with van der Waals surface area (Å²) in [6, 6.07) is 1.34. The number of aromatic amines is 1. The molecule has 7 nitrogen and oxygen atoms in total. The average Bonchev–Trinajstić information content (AvgIpc) is 2.70. The van der Waals surface area contributed by atoms with Gasteiger partial charge >= 0.3 is 12.0 Å². The maximum absolute atomic E-state index is 11.9. The first-order valence-corrected chi connectivity index (χ1v) is 6.64. The topological polar surface area (TPSA) is 97.5 Å². The summed E-state index contributed by atoms with van der Waals surface area (Å²) in [6.07, 6.45) is 1.99. The van der Waals surface area contributed by atoms with E-state index in [2.05, 4.69) is 20.5 Å². The second-order valence-corrected chi connectivity index (χ2v) is 5.25. The first-order chi connectivity index (χ1) is 9.45. The Kier molecular flexibility index (Phi) is 4.29. The van der Waals surface area contributed by atoms with E-state index >= 15 is 0 Å². The fourth-order valence-corrected chi connectivity index (χ4v) is 2.48. The molecular weight excluding hydrogens is 260 g/mol. The maximum atomic E-state index is 11.9. The zero-order chi connectivity index (χ0) is 14.7. The van der Waals surface area contributed by atoms with Crippen LogP contribution >= 0.6 is 0 Å². The smallest absolute Gasteiger partial charge is 0.354 e. The van der Waals surface area contributed by atoms with E-state index in [0.717, 1.165) is 25.9 Å².